The Labute approximate surface area is 141 Å². The summed E-state index contributed by atoms with van der Waals surface area (Å²) in [5.74, 6) is 1.19. The van der Waals surface area contributed by atoms with Crippen LogP contribution in [0, 0.1) is 0 Å². The molecule has 0 unspecified atom stereocenters. The Morgan fingerprint density at radius 2 is 2.17 bits per heavy atom. The van der Waals surface area contributed by atoms with Crippen LogP contribution < -0.4 is 4.90 Å². The predicted octanol–water partition coefficient (Wildman–Crippen LogP) is 0.870. The molecule has 0 aliphatic carbocycles. The minimum absolute atomic E-state index is 0.270. The van der Waals surface area contributed by atoms with Gasteiger partial charge in [-0.3, -0.25) is 9.78 Å². The van der Waals surface area contributed by atoms with Crippen LogP contribution in [0.5, 0.6) is 0 Å². The molecule has 1 amide bonds. The van der Waals surface area contributed by atoms with Crippen molar-refractivity contribution in [2.75, 3.05) is 25.5 Å². The van der Waals surface area contributed by atoms with E-state index < -0.39 is 6.10 Å². The van der Waals surface area contributed by atoms with Crippen molar-refractivity contribution in [2.45, 2.75) is 26.0 Å². The Morgan fingerprint density at radius 1 is 1.38 bits per heavy atom. The lowest BCUT2D eigenvalue weighted by atomic mass is 10.0. The maximum atomic E-state index is 12.1. The molecular weight excluding hydrogens is 306 g/mol. The highest BCUT2D eigenvalue weighted by Gasteiger charge is 2.27. The number of fused-ring (bicyclic) bond motifs is 1. The first kappa shape index (κ1) is 16.3. The number of carbonyl (C=O) groups is 1. The van der Waals surface area contributed by atoms with Crippen LogP contribution in [0.15, 0.2) is 24.5 Å². The second-order valence-electron chi connectivity index (χ2n) is 6.12. The zero-order valence-corrected chi connectivity index (χ0v) is 14.1. The van der Waals surface area contributed by atoms with Gasteiger partial charge in [0.05, 0.1) is 12.2 Å². The molecule has 0 radical (unpaired) electrons. The normalized spacial score (nSPS) is 14.9. The average Bonchev–Trinajstić information content (AvgIpc) is 2.60. The molecule has 1 aliphatic rings. The number of hydrogen-bond acceptors (Lipinski definition) is 6. The minimum Gasteiger partial charge on any atom is -0.384 e. The Bertz CT molecular complexity index is 746. The van der Waals surface area contributed by atoms with Crippen molar-refractivity contribution in [1.29, 1.82) is 0 Å². The van der Waals surface area contributed by atoms with Gasteiger partial charge in [0.1, 0.15) is 11.9 Å². The van der Waals surface area contributed by atoms with Gasteiger partial charge in [-0.15, -0.1) is 0 Å². The van der Waals surface area contributed by atoms with Gasteiger partial charge in [0.15, 0.2) is 5.82 Å². The van der Waals surface area contributed by atoms with E-state index in [1.807, 2.05) is 31.1 Å². The third-order valence-corrected chi connectivity index (χ3v) is 4.06. The van der Waals surface area contributed by atoms with Crippen LogP contribution in [0.1, 0.15) is 18.2 Å². The van der Waals surface area contributed by atoms with Gasteiger partial charge in [0.25, 0.3) is 5.91 Å². The third-order valence-electron chi connectivity index (χ3n) is 4.06. The standard InChI is InChI=1S/C17H21N5O2/c1-11(23)17(24)22-8-6-13-14(10-22)19-15(20-16(13)21(2)3)12-5-4-7-18-9-12/h4-5,7,9,11,23H,6,8,10H2,1-3H3/t11-/m0/s1. The van der Waals surface area contributed by atoms with Gasteiger partial charge in [0.2, 0.25) is 0 Å². The quantitative estimate of drug-likeness (QED) is 0.901. The second kappa shape index (κ2) is 6.52. The minimum atomic E-state index is -1.00. The average molecular weight is 327 g/mol. The molecule has 0 fully saturated rings. The van der Waals surface area contributed by atoms with Crippen molar-refractivity contribution in [3.8, 4) is 11.4 Å². The van der Waals surface area contributed by atoms with E-state index in [0.29, 0.717) is 25.3 Å². The van der Waals surface area contributed by atoms with Crippen molar-refractivity contribution >= 4 is 11.7 Å². The third kappa shape index (κ3) is 3.07. The van der Waals surface area contributed by atoms with Gasteiger partial charge < -0.3 is 14.9 Å². The summed E-state index contributed by atoms with van der Waals surface area (Å²) in [7, 11) is 3.89. The van der Waals surface area contributed by atoms with E-state index in [9.17, 15) is 9.90 Å². The maximum absolute atomic E-state index is 12.1. The van der Waals surface area contributed by atoms with Gasteiger partial charge in [-0.25, -0.2) is 9.97 Å². The number of carbonyl (C=O) groups excluding carboxylic acids is 1. The van der Waals surface area contributed by atoms with Gasteiger partial charge in [-0.1, -0.05) is 0 Å². The van der Waals surface area contributed by atoms with Crippen LogP contribution in [-0.2, 0) is 17.8 Å². The monoisotopic (exact) mass is 327 g/mol. The Balaban J connectivity index is 2.04. The molecular formula is C17H21N5O2. The fourth-order valence-electron chi connectivity index (χ4n) is 2.86. The number of rotatable bonds is 3. The molecule has 1 N–H and O–H groups in total. The summed E-state index contributed by atoms with van der Waals surface area (Å²) in [6.45, 7) is 2.44. The fraction of sp³-hybridized carbons (Fsp3) is 0.412. The lowest BCUT2D eigenvalue weighted by molar-refractivity contribution is -0.140. The smallest absolute Gasteiger partial charge is 0.251 e. The number of aliphatic hydroxyl groups is 1. The molecule has 0 spiro atoms. The number of amides is 1. The van der Waals surface area contributed by atoms with E-state index in [4.69, 9.17) is 0 Å². The van der Waals surface area contributed by atoms with Crippen molar-refractivity contribution in [2.24, 2.45) is 0 Å². The summed E-state index contributed by atoms with van der Waals surface area (Å²) in [6, 6.07) is 3.76. The molecule has 1 aliphatic heterocycles. The van der Waals surface area contributed by atoms with Gasteiger partial charge in [-0.2, -0.15) is 0 Å². The molecule has 7 heteroatoms. The van der Waals surface area contributed by atoms with Crippen molar-refractivity contribution in [3.63, 3.8) is 0 Å². The van der Waals surface area contributed by atoms with E-state index in [-0.39, 0.29) is 5.91 Å². The molecule has 1 atom stereocenters. The van der Waals surface area contributed by atoms with Gasteiger partial charge in [0, 0.05) is 44.2 Å². The van der Waals surface area contributed by atoms with Crippen molar-refractivity contribution in [3.05, 3.63) is 35.8 Å². The molecule has 2 aromatic rings. The molecule has 2 aromatic heterocycles. The predicted molar refractivity (Wildman–Crippen MR) is 90.4 cm³/mol. The number of aromatic nitrogens is 3. The van der Waals surface area contributed by atoms with Gasteiger partial charge in [-0.05, 0) is 25.5 Å². The van der Waals surface area contributed by atoms with Crippen molar-refractivity contribution < 1.29 is 9.90 Å². The van der Waals surface area contributed by atoms with Crippen molar-refractivity contribution in [1.82, 2.24) is 19.9 Å². The highest BCUT2D eigenvalue weighted by Crippen LogP contribution is 2.28. The van der Waals surface area contributed by atoms with E-state index in [0.717, 1.165) is 22.6 Å². The number of pyridine rings is 1. The zero-order valence-electron chi connectivity index (χ0n) is 14.1. The summed E-state index contributed by atoms with van der Waals surface area (Å²) in [5.41, 5.74) is 2.72. The number of hydrogen-bond donors (Lipinski definition) is 1. The molecule has 0 saturated carbocycles. The zero-order chi connectivity index (χ0) is 17.3. The highest BCUT2D eigenvalue weighted by molar-refractivity contribution is 5.80. The topological polar surface area (TPSA) is 82.4 Å². The van der Waals surface area contributed by atoms with Crippen LogP contribution in [0.2, 0.25) is 0 Å². The molecule has 3 rings (SSSR count). The van der Waals surface area contributed by atoms with Gasteiger partial charge >= 0.3 is 0 Å². The van der Waals surface area contributed by atoms with E-state index in [1.54, 1.807) is 17.3 Å². The largest absolute Gasteiger partial charge is 0.384 e. The van der Waals surface area contributed by atoms with Crippen LogP contribution in [0.4, 0.5) is 5.82 Å². The van der Waals surface area contributed by atoms with Crippen LogP contribution in [-0.4, -0.2) is 57.6 Å². The first-order valence-electron chi connectivity index (χ1n) is 7.91. The lowest BCUT2D eigenvalue weighted by Crippen LogP contribution is -2.42. The summed E-state index contributed by atoms with van der Waals surface area (Å²) in [5, 5.41) is 9.56. The Hall–Kier alpha value is -2.54. The first-order valence-corrected chi connectivity index (χ1v) is 7.91. The Morgan fingerprint density at radius 3 is 2.79 bits per heavy atom. The molecule has 126 valence electrons. The Kier molecular flexibility index (Phi) is 4.44. The van der Waals surface area contributed by atoms with E-state index in [1.165, 1.54) is 6.92 Å². The molecule has 0 saturated heterocycles. The second-order valence-corrected chi connectivity index (χ2v) is 6.12. The highest BCUT2D eigenvalue weighted by atomic mass is 16.3. The van der Waals surface area contributed by atoms with E-state index in [2.05, 4.69) is 15.0 Å². The van der Waals surface area contributed by atoms with E-state index >= 15 is 0 Å². The summed E-state index contributed by atoms with van der Waals surface area (Å²) >= 11 is 0. The van der Waals surface area contributed by atoms with Crippen LogP contribution in [0.3, 0.4) is 0 Å². The molecule has 0 bridgehead atoms. The maximum Gasteiger partial charge on any atom is 0.251 e. The SMILES string of the molecule is C[C@H](O)C(=O)N1CCc2c(nc(-c3cccnc3)nc2N(C)C)C1. The summed E-state index contributed by atoms with van der Waals surface area (Å²) < 4.78 is 0. The summed E-state index contributed by atoms with van der Waals surface area (Å²) in [6.07, 6.45) is 3.11. The molecule has 24 heavy (non-hydrogen) atoms. The lowest BCUT2D eigenvalue weighted by Gasteiger charge is -2.31. The molecule has 7 nitrogen and oxygen atoms in total. The summed E-state index contributed by atoms with van der Waals surface area (Å²) in [4.78, 5) is 29.2. The molecule has 3 heterocycles. The number of aliphatic hydroxyl groups excluding tert-OH is 1. The van der Waals surface area contributed by atoms with Crippen LogP contribution >= 0.6 is 0 Å². The first-order chi connectivity index (χ1) is 11.5. The number of anilines is 1. The number of nitrogens with zero attached hydrogens (tertiary/aromatic N) is 5. The molecule has 0 aromatic carbocycles. The van der Waals surface area contributed by atoms with Crippen LogP contribution in [0.25, 0.3) is 11.4 Å². The fourth-order valence-corrected chi connectivity index (χ4v) is 2.86.